The molecule has 0 bridgehead atoms. The number of fused-ring (bicyclic) bond motifs is 1. The van der Waals surface area contributed by atoms with E-state index >= 15 is 0 Å². The lowest BCUT2D eigenvalue weighted by Gasteiger charge is -2.31. The fourth-order valence-corrected chi connectivity index (χ4v) is 8.94. The predicted octanol–water partition coefficient (Wildman–Crippen LogP) is -11.2. The SMILES string of the molecule is CC(C)[C@H](NC(=O)[C@@H](NC(=O)[C@@H](NC(=O)[C@@H](NC(=O)[C@@H](NC(=O)CNC(=O)[C@H](CCC(N)=O)NC(=O)CNC(=O)[C@@H](N)Cc1c[nH]c2ccccc12)[C@@H](C)O)[C@@H](C)O)C(C)C)[C@@H](C)O)C(=O)N[C@@H](CO)C(=O)N[C@@H](CO)C(=O)N[C@@H](C)C(=O)N[C@@H](CO)C(=O)N[C@H](C(=O)O)[C@@H](C)O. The molecule has 0 aliphatic carbocycles. The van der Waals surface area contributed by atoms with E-state index in [0.717, 1.165) is 51.1 Å². The van der Waals surface area contributed by atoms with Crippen LogP contribution in [0.4, 0.5) is 0 Å². The number of H-pyrrole nitrogens is 1. The Labute approximate surface area is 555 Å². The van der Waals surface area contributed by atoms with Gasteiger partial charge in [-0.25, -0.2) is 4.79 Å². The zero-order valence-electron chi connectivity index (χ0n) is 54.8. The summed E-state index contributed by atoms with van der Waals surface area (Å²) in [5, 5.41) is 110. The first-order chi connectivity index (χ1) is 45.3. The standard InChI is InChI=1S/C58H92N16O23/c1-23(2)41(53(91)68-36(21-76)51(89)67-35(20-75)50(88)64-25(5)47(85)66-37(22-77)52(90)74-46(29(9)81)58(96)97)70-56(94)44(27(7)79)72-54(92)42(24(3)4)71-57(95)45(28(8)80)73-55(93)43(26(6)78)69-40(84)19-63-49(87)34(14-15-38(60)82)65-39(83)18-62-48(86)32(59)16-30-17-61-33-13-11-10-12-31(30)33/h10-13,17,23-29,32,34-37,41-46,61,75-81H,14-16,18-22,59H2,1-9H3,(H2,60,82)(H,62,86)(H,63,87)(H,64,88)(H,65,83)(H,66,85)(H,67,89)(H,68,91)(H,69,84)(H,70,94)(H,71,95)(H,72,92)(H,73,93)(H,74,90)(H,96,97)/t25-,26+,27+,28+,29+,32-,34-,35-,36-,37-,41-,42-,43-,44-,45-,46-/m0/s1. The number of amides is 14. The van der Waals surface area contributed by atoms with Crippen LogP contribution in [-0.2, 0) is 78.3 Å². The van der Waals surface area contributed by atoms with Crippen molar-refractivity contribution in [2.75, 3.05) is 32.9 Å². The summed E-state index contributed by atoms with van der Waals surface area (Å²) in [6.07, 6.45) is -5.80. The van der Waals surface area contributed by atoms with Crippen LogP contribution in [0, 0.1) is 11.8 Å². The molecule has 0 aliphatic heterocycles. The van der Waals surface area contributed by atoms with Crippen molar-refractivity contribution in [1.82, 2.24) is 74.1 Å². The van der Waals surface area contributed by atoms with Crippen molar-refractivity contribution in [2.45, 2.75) is 178 Å². The summed E-state index contributed by atoms with van der Waals surface area (Å²) >= 11 is 0. The molecule has 0 spiro atoms. The second-order valence-electron chi connectivity index (χ2n) is 23.5. The lowest BCUT2D eigenvalue weighted by molar-refractivity contribution is -0.145. The number of hydrogen-bond donors (Lipinski definition) is 24. The molecule has 542 valence electrons. The van der Waals surface area contributed by atoms with Crippen LogP contribution in [0.2, 0.25) is 0 Å². The number of benzene rings is 1. The number of aliphatic hydroxyl groups is 7. The van der Waals surface area contributed by atoms with Gasteiger partial charge in [-0.3, -0.25) is 67.1 Å². The number of nitrogens with two attached hydrogens (primary N) is 2. The second-order valence-corrected chi connectivity index (χ2v) is 23.5. The summed E-state index contributed by atoms with van der Waals surface area (Å²) in [5.41, 5.74) is 12.9. The fraction of sp³-hybridized carbons (Fsp3) is 0.603. The Kier molecular flexibility index (Phi) is 34.6. The molecule has 0 radical (unpaired) electrons. The number of primary amides is 1. The van der Waals surface area contributed by atoms with Gasteiger partial charge in [0.15, 0.2) is 6.04 Å². The van der Waals surface area contributed by atoms with Crippen LogP contribution in [0.3, 0.4) is 0 Å². The van der Waals surface area contributed by atoms with E-state index in [1.54, 1.807) is 6.20 Å². The summed E-state index contributed by atoms with van der Waals surface area (Å²) in [4.78, 5) is 199. The highest BCUT2D eigenvalue weighted by Crippen LogP contribution is 2.19. The molecular formula is C58H92N16O23. The Balaban J connectivity index is 2.11. The molecule has 1 aromatic carbocycles. The van der Waals surface area contributed by atoms with Crippen molar-refractivity contribution in [3.05, 3.63) is 36.0 Å². The summed E-state index contributed by atoms with van der Waals surface area (Å²) in [5.74, 6) is -18.8. The molecular weight excluding hydrogens is 1290 g/mol. The van der Waals surface area contributed by atoms with E-state index in [2.05, 4.69) is 68.8 Å². The van der Waals surface area contributed by atoms with E-state index in [-0.39, 0.29) is 12.8 Å². The molecule has 39 nitrogen and oxygen atoms in total. The third-order valence-electron chi connectivity index (χ3n) is 14.6. The van der Waals surface area contributed by atoms with Crippen molar-refractivity contribution in [3.63, 3.8) is 0 Å². The first-order valence-electron chi connectivity index (χ1n) is 30.5. The maximum Gasteiger partial charge on any atom is 0.328 e. The zero-order chi connectivity index (χ0) is 73.9. The number of aliphatic carboxylic acids is 1. The van der Waals surface area contributed by atoms with E-state index in [4.69, 9.17) is 11.5 Å². The molecule has 1 heterocycles. The van der Waals surface area contributed by atoms with E-state index in [1.807, 2.05) is 29.6 Å². The van der Waals surface area contributed by atoms with Gasteiger partial charge in [0.25, 0.3) is 0 Å². The quantitative estimate of drug-likeness (QED) is 0.0294. The van der Waals surface area contributed by atoms with Gasteiger partial charge >= 0.3 is 5.97 Å². The number of nitrogens with one attached hydrogen (secondary N) is 14. The average molecular weight is 1380 g/mol. The average Bonchev–Trinajstić information content (AvgIpc) is 1.79. The minimum absolute atomic E-state index is 0.108. The maximum absolute atomic E-state index is 13.9. The summed E-state index contributed by atoms with van der Waals surface area (Å²) in [6.45, 7) is 6.09. The highest BCUT2D eigenvalue weighted by Gasteiger charge is 2.39. The van der Waals surface area contributed by atoms with Gasteiger partial charge in [-0.15, -0.1) is 0 Å². The van der Waals surface area contributed by atoms with Crippen LogP contribution in [0.5, 0.6) is 0 Å². The van der Waals surface area contributed by atoms with Gasteiger partial charge in [-0.1, -0.05) is 45.9 Å². The minimum atomic E-state index is -1.94. The Morgan fingerprint density at radius 1 is 0.433 bits per heavy atom. The second kappa shape index (κ2) is 40.1. The third-order valence-corrected chi connectivity index (χ3v) is 14.6. The lowest BCUT2D eigenvalue weighted by Crippen LogP contribution is -2.64. The van der Waals surface area contributed by atoms with Gasteiger partial charge < -0.3 is 126 Å². The molecule has 39 heteroatoms. The molecule has 16 atom stereocenters. The van der Waals surface area contributed by atoms with Gasteiger partial charge in [0, 0.05) is 23.5 Å². The van der Waals surface area contributed by atoms with Crippen molar-refractivity contribution in [1.29, 1.82) is 0 Å². The molecule has 2 rings (SSSR count). The van der Waals surface area contributed by atoms with E-state index in [1.165, 1.54) is 27.7 Å². The highest BCUT2D eigenvalue weighted by atomic mass is 16.4. The highest BCUT2D eigenvalue weighted by molar-refractivity contribution is 6.00. The summed E-state index contributed by atoms with van der Waals surface area (Å²) in [6, 6.07) is -13.2. The molecule has 0 fully saturated rings. The molecule has 14 amide bonds. The third kappa shape index (κ3) is 26.9. The molecule has 0 saturated carbocycles. The van der Waals surface area contributed by atoms with Gasteiger partial charge in [0.1, 0.15) is 60.4 Å². The van der Waals surface area contributed by atoms with Crippen LogP contribution >= 0.6 is 0 Å². The van der Waals surface area contributed by atoms with Crippen LogP contribution in [0.25, 0.3) is 10.9 Å². The van der Waals surface area contributed by atoms with Gasteiger partial charge in [-0.2, -0.15) is 0 Å². The molecule has 1 aromatic heterocycles. The van der Waals surface area contributed by atoms with E-state index < -0.39 is 237 Å². The van der Waals surface area contributed by atoms with Gasteiger partial charge in [0.05, 0.1) is 63.4 Å². The number of aromatic nitrogens is 1. The number of carboxylic acids is 1. The largest absolute Gasteiger partial charge is 0.480 e. The van der Waals surface area contributed by atoms with Crippen molar-refractivity contribution < 1.29 is 113 Å². The number of carbonyl (C=O) groups is 15. The van der Waals surface area contributed by atoms with Gasteiger partial charge in [-0.05, 0) is 70.9 Å². The Morgan fingerprint density at radius 3 is 1.25 bits per heavy atom. The zero-order valence-corrected chi connectivity index (χ0v) is 54.8. The molecule has 0 unspecified atom stereocenters. The van der Waals surface area contributed by atoms with Crippen LogP contribution in [0.15, 0.2) is 30.5 Å². The Hall–Kier alpha value is -9.51. The number of rotatable bonds is 41. The minimum Gasteiger partial charge on any atom is -0.480 e. The molecule has 26 N–H and O–H groups in total. The van der Waals surface area contributed by atoms with Crippen molar-refractivity contribution >= 4 is 99.6 Å². The number of aliphatic hydroxyl groups excluding tert-OH is 7. The first kappa shape index (κ1) is 83.6. The lowest BCUT2D eigenvalue weighted by atomic mass is 10.00. The number of hydrogen-bond acceptors (Lipinski definition) is 23. The Bertz CT molecular complexity index is 3110. The first-order valence-corrected chi connectivity index (χ1v) is 30.5. The summed E-state index contributed by atoms with van der Waals surface area (Å²) < 4.78 is 0. The summed E-state index contributed by atoms with van der Waals surface area (Å²) in [7, 11) is 0. The smallest absolute Gasteiger partial charge is 0.328 e. The van der Waals surface area contributed by atoms with Crippen molar-refractivity contribution in [2.24, 2.45) is 23.3 Å². The normalized spacial score (nSPS) is 16.2. The molecule has 97 heavy (non-hydrogen) atoms. The number of para-hydroxylation sites is 1. The molecule has 2 aromatic rings. The van der Waals surface area contributed by atoms with Crippen LogP contribution in [-0.4, -0.2) is 264 Å². The topological polar surface area (TPSA) is 642 Å². The molecule has 0 saturated heterocycles. The van der Waals surface area contributed by atoms with Crippen molar-refractivity contribution in [3.8, 4) is 0 Å². The maximum atomic E-state index is 13.9. The Morgan fingerprint density at radius 2 is 0.804 bits per heavy atom. The van der Waals surface area contributed by atoms with Crippen LogP contribution in [0.1, 0.15) is 80.7 Å². The van der Waals surface area contributed by atoms with E-state index in [0.29, 0.717) is 0 Å². The number of aromatic amines is 1. The predicted molar refractivity (Wildman–Crippen MR) is 337 cm³/mol. The number of carbonyl (C=O) groups excluding carboxylic acids is 14. The molecule has 0 aliphatic rings. The van der Waals surface area contributed by atoms with Crippen LogP contribution < -0.4 is 80.6 Å². The fourth-order valence-electron chi connectivity index (χ4n) is 8.94. The monoisotopic (exact) mass is 1380 g/mol. The van der Waals surface area contributed by atoms with Gasteiger partial charge in [0.2, 0.25) is 82.7 Å². The number of carboxylic acid groups (broad SMARTS) is 1. The van der Waals surface area contributed by atoms with E-state index in [9.17, 15) is 113 Å².